The van der Waals surface area contributed by atoms with Crippen LogP contribution in [0.25, 0.3) is 10.9 Å². The third-order valence-electron chi connectivity index (χ3n) is 4.43. The quantitative estimate of drug-likeness (QED) is 0.436. The molecule has 0 saturated heterocycles. The third kappa shape index (κ3) is 4.28. The van der Waals surface area contributed by atoms with Crippen molar-refractivity contribution in [3.63, 3.8) is 0 Å². The molecule has 0 spiro atoms. The summed E-state index contributed by atoms with van der Waals surface area (Å²) in [6.45, 7) is 6.62. The summed E-state index contributed by atoms with van der Waals surface area (Å²) in [7, 11) is 0. The number of fused-ring (bicyclic) bond motifs is 1. The van der Waals surface area contributed by atoms with Crippen LogP contribution in [-0.2, 0) is 4.79 Å². The second-order valence-corrected chi connectivity index (χ2v) is 7.79. The van der Waals surface area contributed by atoms with Crippen molar-refractivity contribution in [3.05, 3.63) is 65.0 Å². The maximum Gasteiger partial charge on any atom is 0.262 e. The predicted molar refractivity (Wildman–Crippen MR) is 116 cm³/mol. The molecule has 0 aliphatic heterocycles. The molecule has 0 fully saturated rings. The molecule has 0 aliphatic rings. The minimum atomic E-state index is -0.0657. The number of carbonyl (C=O) groups excluding carboxylic acids is 1. The Labute approximate surface area is 169 Å². The van der Waals surface area contributed by atoms with Gasteiger partial charge in [0, 0.05) is 18.3 Å². The normalized spacial score (nSPS) is 11.1. The van der Waals surface area contributed by atoms with Gasteiger partial charge in [-0.15, -0.1) is 0 Å². The van der Waals surface area contributed by atoms with Gasteiger partial charge in [0.15, 0.2) is 5.16 Å². The molecule has 3 aromatic rings. The van der Waals surface area contributed by atoms with Gasteiger partial charge in [0.25, 0.3) is 5.56 Å². The first-order chi connectivity index (χ1) is 13.5. The minimum Gasteiger partial charge on any atom is -0.312 e. The molecule has 146 valence electrons. The average molecular weight is 396 g/mol. The fourth-order valence-electron chi connectivity index (χ4n) is 3.12. The van der Waals surface area contributed by atoms with Crippen LogP contribution in [0.4, 0.5) is 5.69 Å². The minimum absolute atomic E-state index is 0.00997. The smallest absolute Gasteiger partial charge is 0.262 e. The van der Waals surface area contributed by atoms with Gasteiger partial charge in [-0.05, 0) is 44.5 Å². The molecule has 1 aromatic heterocycles. The van der Waals surface area contributed by atoms with Gasteiger partial charge < -0.3 is 4.90 Å². The number of nitrogens with zero attached hydrogens (tertiary/aromatic N) is 3. The first kappa shape index (κ1) is 20.1. The molecule has 0 aliphatic carbocycles. The van der Waals surface area contributed by atoms with Crippen molar-refractivity contribution in [2.75, 3.05) is 17.2 Å². The van der Waals surface area contributed by atoms with E-state index in [2.05, 4.69) is 11.9 Å². The zero-order valence-corrected chi connectivity index (χ0v) is 17.3. The highest BCUT2D eigenvalue weighted by Crippen LogP contribution is 2.23. The first-order valence-corrected chi connectivity index (χ1v) is 10.5. The highest BCUT2D eigenvalue weighted by atomic mass is 32.2. The van der Waals surface area contributed by atoms with Crippen LogP contribution >= 0.6 is 11.8 Å². The molecule has 0 N–H and O–H groups in total. The molecule has 0 bridgehead atoms. The second-order valence-electron chi connectivity index (χ2n) is 6.85. The van der Waals surface area contributed by atoms with Crippen LogP contribution in [-0.4, -0.2) is 27.8 Å². The van der Waals surface area contributed by atoms with Crippen molar-refractivity contribution in [3.8, 4) is 0 Å². The van der Waals surface area contributed by atoms with E-state index in [4.69, 9.17) is 0 Å². The standard InChI is InChI=1S/C22H25N3O2S/c1-4-14-24(17-10-6-5-7-11-17)20(26)15-28-22-23-19-13-9-8-12-18(19)21(27)25(22)16(2)3/h5-13,16H,4,14-15H2,1-3H3. The lowest BCUT2D eigenvalue weighted by molar-refractivity contribution is -0.116. The van der Waals surface area contributed by atoms with Crippen LogP contribution in [0.2, 0.25) is 0 Å². The number of amides is 1. The number of thioether (sulfide) groups is 1. The largest absolute Gasteiger partial charge is 0.312 e. The molecule has 5 nitrogen and oxygen atoms in total. The van der Waals surface area contributed by atoms with Crippen LogP contribution in [0.15, 0.2) is 64.5 Å². The Hall–Kier alpha value is -2.60. The van der Waals surface area contributed by atoms with E-state index in [0.717, 1.165) is 12.1 Å². The summed E-state index contributed by atoms with van der Waals surface area (Å²) in [5.74, 6) is 0.239. The summed E-state index contributed by atoms with van der Waals surface area (Å²) in [6.07, 6.45) is 0.871. The van der Waals surface area contributed by atoms with Crippen molar-refractivity contribution in [1.82, 2.24) is 9.55 Å². The number of carbonyl (C=O) groups is 1. The van der Waals surface area contributed by atoms with Gasteiger partial charge in [0.05, 0.1) is 16.7 Å². The van der Waals surface area contributed by atoms with Gasteiger partial charge in [0.1, 0.15) is 0 Å². The van der Waals surface area contributed by atoms with Gasteiger partial charge in [-0.25, -0.2) is 4.98 Å². The Morgan fingerprint density at radius 1 is 1.11 bits per heavy atom. The van der Waals surface area contributed by atoms with E-state index in [9.17, 15) is 9.59 Å². The molecule has 1 heterocycles. The van der Waals surface area contributed by atoms with E-state index in [1.165, 1.54) is 11.8 Å². The summed E-state index contributed by atoms with van der Waals surface area (Å²) in [5, 5.41) is 1.18. The van der Waals surface area contributed by atoms with Crippen molar-refractivity contribution >= 4 is 34.3 Å². The molecule has 0 atom stereocenters. The zero-order chi connectivity index (χ0) is 20.1. The molecule has 0 radical (unpaired) electrons. The molecule has 6 heteroatoms. The molecule has 2 aromatic carbocycles. The van der Waals surface area contributed by atoms with Crippen molar-refractivity contribution in [1.29, 1.82) is 0 Å². The first-order valence-electron chi connectivity index (χ1n) is 9.52. The predicted octanol–water partition coefficient (Wildman–Crippen LogP) is 4.51. The maximum atomic E-state index is 12.9. The van der Waals surface area contributed by atoms with Gasteiger partial charge in [-0.3, -0.25) is 14.2 Å². The second kappa shape index (κ2) is 9.06. The summed E-state index contributed by atoms with van der Waals surface area (Å²) >= 11 is 1.32. The van der Waals surface area contributed by atoms with E-state index in [1.54, 1.807) is 15.5 Å². The van der Waals surface area contributed by atoms with Crippen LogP contribution in [0.3, 0.4) is 0 Å². The maximum absolute atomic E-state index is 12.9. The Balaban J connectivity index is 1.89. The van der Waals surface area contributed by atoms with Gasteiger partial charge in [-0.2, -0.15) is 0 Å². The summed E-state index contributed by atoms with van der Waals surface area (Å²) in [4.78, 5) is 32.3. The van der Waals surface area contributed by atoms with Crippen LogP contribution in [0.5, 0.6) is 0 Å². The number of anilines is 1. The molecule has 0 saturated carbocycles. The number of aromatic nitrogens is 2. The topological polar surface area (TPSA) is 55.2 Å². The Kier molecular flexibility index (Phi) is 6.52. The van der Waals surface area contributed by atoms with E-state index in [1.807, 2.05) is 62.4 Å². The molecule has 28 heavy (non-hydrogen) atoms. The fourth-order valence-corrected chi connectivity index (χ4v) is 4.12. The SMILES string of the molecule is CCCN(C(=O)CSc1nc2ccccc2c(=O)n1C(C)C)c1ccccc1. The van der Waals surface area contributed by atoms with E-state index < -0.39 is 0 Å². The lowest BCUT2D eigenvalue weighted by Crippen LogP contribution is -2.33. The van der Waals surface area contributed by atoms with Gasteiger partial charge >= 0.3 is 0 Å². The molecular formula is C22H25N3O2S. The van der Waals surface area contributed by atoms with Crippen molar-refractivity contribution in [2.45, 2.75) is 38.4 Å². The van der Waals surface area contributed by atoms with Crippen LogP contribution < -0.4 is 10.5 Å². The average Bonchev–Trinajstić information content (AvgIpc) is 2.70. The monoisotopic (exact) mass is 395 g/mol. The van der Waals surface area contributed by atoms with Crippen molar-refractivity contribution in [2.24, 2.45) is 0 Å². The number of rotatable bonds is 7. The van der Waals surface area contributed by atoms with E-state index in [-0.39, 0.29) is 23.3 Å². The fraction of sp³-hybridized carbons (Fsp3) is 0.318. The number of hydrogen-bond donors (Lipinski definition) is 0. The number of benzene rings is 2. The van der Waals surface area contributed by atoms with E-state index >= 15 is 0 Å². The van der Waals surface area contributed by atoms with Gasteiger partial charge in [0.2, 0.25) is 5.91 Å². The Bertz CT molecular complexity index is 1020. The van der Waals surface area contributed by atoms with E-state index in [0.29, 0.717) is 22.6 Å². The van der Waals surface area contributed by atoms with Crippen LogP contribution in [0.1, 0.15) is 33.2 Å². The zero-order valence-electron chi connectivity index (χ0n) is 16.5. The lowest BCUT2D eigenvalue weighted by Gasteiger charge is -2.22. The lowest BCUT2D eigenvalue weighted by atomic mass is 10.2. The number of para-hydroxylation sites is 2. The molecular weight excluding hydrogens is 370 g/mol. The highest BCUT2D eigenvalue weighted by Gasteiger charge is 2.18. The summed E-state index contributed by atoms with van der Waals surface area (Å²) < 4.78 is 1.67. The Morgan fingerprint density at radius 2 is 1.79 bits per heavy atom. The van der Waals surface area contributed by atoms with Gasteiger partial charge in [-0.1, -0.05) is 49.0 Å². The Morgan fingerprint density at radius 3 is 2.46 bits per heavy atom. The third-order valence-corrected chi connectivity index (χ3v) is 5.37. The summed E-state index contributed by atoms with van der Waals surface area (Å²) in [6, 6.07) is 17.0. The van der Waals surface area contributed by atoms with Crippen LogP contribution in [0, 0.1) is 0 Å². The highest BCUT2D eigenvalue weighted by molar-refractivity contribution is 7.99. The molecule has 1 amide bonds. The summed E-state index contributed by atoms with van der Waals surface area (Å²) in [5.41, 5.74) is 1.49. The molecule has 3 rings (SSSR count). The number of hydrogen-bond acceptors (Lipinski definition) is 4. The molecule has 0 unspecified atom stereocenters. The van der Waals surface area contributed by atoms with Crippen molar-refractivity contribution < 1.29 is 4.79 Å².